The number of carbonyl (C=O) groups is 2. The minimum absolute atomic E-state index is 0. The second kappa shape index (κ2) is 10.6. The Morgan fingerprint density at radius 2 is 1.21 bits per heavy atom. The third-order valence-electron chi connectivity index (χ3n) is 3.06. The van der Waals surface area contributed by atoms with Crippen molar-refractivity contribution in [2.45, 2.75) is 19.6 Å². The number of rotatable bonds is 4. The third-order valence-corrected chi connectivity index (χ3v) is 3.06. The molecule has 0 heterocycles. The van der Waals surface area contributed by atoms with Gasteiger partial charge in [0.1, 0.15) is 12.0 Å². The van der Waals surface area contributed by atoms with E-state index in [1.807, 2.05) is 0 Å². The molecule has 29 heavy (non-hydrogen) atoms. The molecule has 0 radical (unpaired) electrons. The van der Waals surface area contributed by atoms with Crippen molar-refractivity contribution >= 4 is 25.0 Å². The zero-order chi connectivity index (χ0) is 21.5. The molecular weight excluding hydrogens is 434 g/mol. The molecule has 0 spiro atoms. The monoisotopic (exact) mass is 446 g/mol. The average Bonchev–Trinajstić information content (AvgIpc) is 2.57. The average molecular weight is 447 g/mol. The summed E-state index contributed by atoms with van der Waals surface area (Å²) in [5, 5.41) is 9.10. The topological polar surface area (TPSA) is 72.8 Å². The number of alkyl halides is 6. The molecule has 0 aliphatic heterocycles. The van der Waals surface area contributed by atoms with Gasteiger partial charge in [0.2, 0.25) is 0 Å². The highest BCUT2D eigenvalue weighted by atomic mass is 35.5. The van der Waals surface area contributed by atoms with Gasteiger partial charge in [0.15, 0.2) is 17.8 Å². The quantitative estimate of drug-likeness (QED) is 0.514. The maximum Gasteiger partial charge on any atom is 0.573 e. The van der Waals surface area contributed by atoms with E-state index in [0.29, 0.717) is 6.29 Å². The summed E-state index contributed by atoms with van der Waals surface area (Å²) >= 11 is 0. The van der Waals surface area contributed by atoms with Crippen molar-refractivity contribution in [1.82, 2.24) is 0 Å². The first-order chi connectivity index (χ1) is 12.9. The van der Waals surface area contributed by atoms with Gasteiger partial charge in [0, 0.05) is 11.1 Å². The predicted octanol–water partition coefficient (Wildman–Crippen LogP) is 5.23. The van der Waals surface area contributed by atoms with Gasteiger partial charge in [-0.2, -0.15) is 0 Å². The maximum atomic E-state index is 11.8. The number of hydrogen-bond acceptors (Lipinski definition) is 5. The second-order valence-electron chi connectivity index (χ2n) is 5.00. The molecule has 1 N–H and O–H groups in total. The Kier molecular flexibility index (Phi) is 9.48. The zero-order valence-electron chi connectivity index (χ0n) is 14.4. The highest BCUT2D eigenvalue weighted by molar-refractivity contribution is 5.85. The summed E-state index contributed by atoms with van der Waals surface area (Å²) in [5.74, 6) is -1.95. The summed E-state index contributed by atoms with van der Waals surface area (Å²) in [4.78, 5) is 20.7. The molecule has 12 heteroatoms. The summed E-state index contributed by atoms with van der Waals surface area (Å²) < 4.78 is 77.9. The fraction of sp³-hybridized carbons (Fsp3) is 0.176. The Bertz CT molecular complexity index is 767. The van der Waals surface area contributed by atoms with Crippen LogP contribution in [0.1, 0.15) is 26.3 Å². The molecule has 0 amide bonds. The molecule has 0 unspecified atom stereocenters. The van der Waals surface area contributed by atoms with E-state index in [9.17, 15) is 35.9 Å². The first-order valence-corrected chi connectivity index (χ1v) is 7.21. The number of hydrogen-bond donors (Lipinski definition) is 1. The van der Waals surface area contributed by atoms with Crippen LogP contribution in [0, 0.1) is 6.92 Å². The van der Waals surface area contributed by atoms with Crippen LogP contribution in [0.2, 0.25) is 0 Å². The number of carbonyl (C=O) groups excluding carboxylic acids is 2. The van der Waals surface area contributed by atoms with Crippen LogP contribution in [0.5, 0.6) is 17.2 Å². The lowest BCUT2D eigenvalue weighted by Crippen LogP contribution is -2.18. The van der Waals surface area contributed by atoms with E-state index in [-0.39, 0.29) is 41.1 Å². The first kappa shape index (κ1) is 26.1. The van der Waals surface area contributed by atoms with E-state index >= 15 is 0 Å². The van der Waals surface area contributed by atoms with Crippen molar-refractivity contribution in [3.05, 3.63) is 53.1 Å². The van der Waals surface area contributed by atoms with E-state index < -0.39 is 24.2 Å². The Labute approximate surface area is 166 Å². The molecule has 2 aromatic carbocycles. The number of aldehydes is 2. The summed E-state index contributed by atoms with van der Waals surface area (Å²) in [6.07, 6.45) is -8.90. The van der Waals surface area contributed by atoms with Crippen molar-refractivity contribution in [2.24, 2.45) is 0 Å². The maximum absolute atomic E-state index is 11.8. The number of phenols is 1. The zero-order valence-corrected chi connectivity index (χ0v) is 15.2. The largest absolute Gasteiger partial charge is 0.573 e. The molecule has 5 nitrogen and oxygen atoms in total. The highest BCUT2D eigenvalue weighted by Crippen LogP contribution is 2.33. The fourth-order valence-electron chi connectivity index (χ4n) is 1.84. The van der Waals surface area contributed by atoms with E-state index in [0.717, 1.165) is 12.1 Å². The van der Waals surface area contributed by atoms with E-state index in [1.54, 1.807) is 0 Å². The van der Waals surface area contributed by atoms with Crippen LogP contribution >= 0.6 is 12.4 Å². The van der Waals surface area contributed by atoms with Crippen molar-refractivity contribution in [2.75, 3.05) is 0 Å². The van der Waals surface area contributed by atoms with E-state index in [1.165, 1.54) is 31.2 Å². The van der Waals surface area contributed by atoms with Gasteiger partial charge in [-0.3, -0.25) is 9.59 Å². The SMILES string of the molecule is Cc1c(C=O)cccc1OC(F)(F)F.Cl.O=Cc1cccc(OC(F)(F)F)c1O. The number of phenolic OH excluding ortho intramolecular Hbond substituents is 1. The van der Waals surface area contributed by atoms with Gasteiger partial charge in [0.05, 0.1) is 5.56 Å². The van der Waals surface area contributed by atoms with Crippen molar-refractivity contribution < 1.29 is 50.5 Å². The van der Waals surface area contributed by atoms with Crippen LogP contribution in [0.4, 0.5) is 26.3 Å². The molecule has 0 saturated carbocycles. The Balaban J connectivity index is 0.000000523. The highest BCUT2D eigenvalue weighted by Gasteiger charge is 2.33. The molecule has 0 atom stereocenters. The molecule has 160 valence electrons. The minimum atomic E-state index is -4.89. The first-order valence-electron chi connectivity index (χ1n) is 7.21. The number of para-hydroxylation sites is 1. The van der Waals surface area contributed by atoms with Gasteiger partial charge in [-0.1, -0.05) is 18.2 Å². The summed E-state index contributed by atoms with van der Waals surface area (Å²) in [7, 11) is 0. The lowest BCUT2D eigenvalue weighted by Gasteiger charge is -2.11. The van der Waals surface area contributed by atoms with Crippen LogP contribution in [-0.4, -0.2) is 30.4 Å². The van der Waals surface area contributed by atoms with Crippen LogP contribution < -0.4 is 9.47 Å². The van der Waals surface area contributed by atoms with Gasteiger partial charge >= 0.3 is 12.7 Å². The molecule has 0 aliphatic carbocycles. The molecular formula is C17H13ClF6O5. The van der Waals surface area contributed by atoms with Crippen molar-refractivity contribution in [3.8, 4) is 17.2 Å². The van der Waals surface area contributed by atoms with E-state index in [4.69, 9.17) is 5.11 Å². The summed E-state index contributed by atoms with van der Waals surface area (Å²) in [6.45, 7) is 1.39. The Morgan fingerprint density at radius 3 is 1.66 bits per heavy atom. The minimum Gasteiger partial charge on any atom is -0.504 e. The van der Waals surface area contributed by atoms with Gasteiger partial charge in [0.25, 0.3) is 0 Å². The molecule has 0 fully saturated rings. The normalized spacial score (nSPS) is 10.7. The number of halogens is 7. The van der Waals surface area contributed by atoms with Crippen molar-refractivity contribution in [1.29, 1.82) is 0 Å². The molecule has 0 aliphatic rings. The Hall–Kier alpha value is -2.95. The lowest BCUT2D eigenvalue weighted by molar-refractivity contribution is -0.276. The standard InChI is InChI=1S/C9H7F3O2.C8H5F3O3.ClH/c1-6-7(5-13)3-2-4-8(6)14-9(10,11)12;9-8(10,11)14-6-3-1-2-5(4-12)7(6)13;/h2-5H,1H3;1-4,13H;1H. The molecule has 0 bridgehead atoms. The van der Waals surface area contributed by atoms with Crippen LogP contribution in [-0.2, 0) is 0 Å². The van der Waals surface area contributed by atoms with Crippen LogP contribution in [0.15, 0.2) is 36.4 Å². The van der Waals surface area contributed by atoms with Crippen LogP contribution in [0.25, 0.3) is 0 Å². The molecule has 2 aromatic rings. The smallest absolute Gasteiger partial charge is 0.504 e. The number of aromatic hydroxyl groups is 1. The summed E-state index contributed by atoms with van der Waals surface area (Å²) in [5.41, 5.74) is 0.110. The number of ether oxygens (including phenoxy) is 2. The molecule has 0 aromatic heterocycles. The number of benzene rings is 2. The third kappa shape index (κ3) is 8.73. The van der Waals surface area contributed by atoms with Gasteiger partial charge in [-0.25, -0.2) is 0 Å². The van der Waals surface area contributed by atoms with E-state index in [2.05, 4.69) is 9.47 Å². The van der Waals surface area contributed by atoms with Crippen molar-refractivity contribution in [3.63, 3.8) is 0 Å². The predicted molar refractivity (Wildman–Crippen MR) is 90.7 cm³/mol. The summed E-state index contributed by atoms with van der Waals surface area (Å²) in [6, 6.07) is 7.17. The van der Waals surface area contributed by atoms with Gasteiger partial charge in [-0.05, 0) is 25.1 Å². The lowest BCUT2D eigenvalue weighted by atomic mass is 10.1. The second-order valence-corrected chi connectivity index (χ2v) is 5.00. The Morgan fingerprint density at radius 1 is 0.793 bits per heavy atom. The van der Waals surface area contributed by atoms with Gasteiger partial charge in [-0.15, -0.1) is 38.7 Å². The molecule has 2 rings (SSSR count). The van der Waals surface area contributed by atoms with Gasteiger partial charge < -0.3 is 14.6 Å². The van der Waals surface area contributed by atoms with Crippen LogP contribution in [0.3, 0.4) is 0 Å². The fourth-order valence-corrected chi connectivity index (χ4v) is 1.84. The molecule has 0 saturated heterocycles.